The zero-order valence-electron chi connectivity index (χ0n) is 11.2. The van der Waals surface area contributed by atoms with E-state index in [1.807, 2.05) is 31.2 Å². The summed E-state index contributed by atoms with van der Waals surface area (Å²) in [5.41, 5.74) is 0.896. The zero-order chi connectivity index (χ0) is 13.7. The van der Waals surface area contributed by atoms with Gasteiger partial charge in [-0.05, 0) is 54.6 Å². The van der Waals surface area contributed by atoms with Crippen molar-refractivity contribution in [3.63, 3.8) is 0 Å². The summed E-state index contributed by atoms with van der Waals surface area (Å²) >= 11 is 2.24. The quantitative estimate of drug-likeness (QED) is 0.796. The summed E-state index contributed by atoms with van der Waals surface area (Å²) in [6.45, 7) is 5.90. The third-order valence-corrected chi connectivity index (χ3v) is 4.37. The minimum Gasteiger partial charge on any atom is -0.324 e. The molecule has 5 heteroatoms. The van der Waals surface area contributed by atoms with Crippen LogP contribution < -0.4 is 10.6 Å². The van der Waals surface area contributed by atoms with Crippen LogP contribution in [0.15, 0.2) is 24.3 Å². The fraction of sp³-hybridized carbons (Fsp3) is 0.500. The Kier molecular flexibility index (Phi) is 5.59. The Morgan fingerprint density at radius 2 is 2.16 bits per heavy atom. The van der Waals surface area contributed by atoms with Crippen LogP contribution in [0.3, 0.4) is 0 Å². The number of para-hydroxylation sites is 1. The van der Waals surface area contributed by atoms with Crippen molar-refractivity contribution < 1.29 is 4.79 Å². The molecule has 1 atom stereocenters. The maximum atomic E-state index is 12.3. The van der Waals surface area contributed by atoms with Crippen LogP contribution in [0.4, 0.5) is 5.69 Å². The summed E-state index contributed by atoms with van der Waals surface area (Å²) in [5.74, 6) is 0.0750. The van der Waals surface area contributed by atoms with Crippen molar-refractivity contribution in [2.75, 3.05) is 31.5 Å². The molecule has 0 aromatic heterocycles. The molecule has 1 saturated heterocycles. The Hall–Kier alpha value is -0.660. The standard InChI is InChI=1S/C14H20IN3O/c1-11(18-9-4-7-16-8-10-18)14(19)17-13-6-3-2-5-12(13)15/h2-3,5-6,11,16H,4,7-10H2,1H3,(H,17,19). The first kappa shape index (κ1) is 14.7. The number of halogens is 1. The largest absolute Gasteiger partial charge is 0.324 e. The predicted octanol–water partition coefficient (Wildman–Crippen LogP) is 1.91. The minimum atomic E-state index is -0.0871. The summed E-state index contributed by atoms with van der Waals surface area (Å²) in [6, 6.07) is 7.77. The Labute approximate surface area is 128 Å². The van der Waals surface area contributed by atoms with Gasteiger partial charge in [-0.25, -0.2) is 0 Å². The highest BCUT2D eigenvalue weighted by Gasteiger charge is 2.22. The fourth-order valence-corrected chi connectivity index (χ4v) is 2.74. The van der Waals surface area contributed by atoms with Crippen LogP contribution in [0.5, 0.6) is 0 Å². The molecule has 2 rings (SSSR count). The first-order valence-electron chi connectivity index (χ1n) is 6.68. The number of hydrogen-bond donors (Lipinski definition) is 2. The molecule has 0 radical (unpaired) electrons. The van der Waals surface area contributed by atoms with E-state index in [4.69, 9.17) is 0 Å². The molecule has 1 aliphatic heterocycles. The monoisotopic (exact) mass is 373 g/mol. The molecule has 0 aliphatic carbocycles. The normalized spacial score (nSPS) is 18.6. The Morgan fingerprint density at radius 3 is 2.95 bits per heavy atom. The molecule has 1 heterocycles. The number of nitrogens with zero attached hydrogens (tertiary/aromatic N) is 1. The molecule has 19 heavy (non-hydrogen) atoms. The Bertz CT molecular complexity index is 430. The summed E-state index contributed by atoms with van der Waals surface area (Å²) in [6.07, 6.45) is 1.10. The summed E-state index contributed by atoms with van der Waals surface area (Å²) < 4.78 is 1.07. The number of carbonyl (C=O) groups is 1. The van der Waals surface area contributed by atoms with Gasteiger partial charge in [0.15, 0.2) is 0 Å². The van der Waals surface area contributed by atoms with Crippen LogP contribution in [0.1, 0.15) is 13.3 Å². The first-order chi connectivity index (χ1) is 9.18. The molecule has 0 bridgehead atoms. The van der Waals surface area contributed by atoms with Crippen molar-refractivity contribution in [3.8, 4) is 0 Å². The molecule has 1 aromatic carbocycles. The molecular weight excluding hydrogens is 353 g/mol. The van der Waals surface area contributed by atoms with Gasteiger partial charge >= 0.3 is 0 Å². The van der Waals surface area contributed by atoms with E-state index in [1.165, 1.54) is 0 Å². The van der Waals surface area contributed by atoms with Gasteiger partial charge in [-0.15, -0.1) is 0 Å². The minimum absolute atomic E-state index is 0.0750. The van der Waals surface area contributed by atoms with E-state index in [2.05, 4.69) is 38.1 Å². The van der Waals surface area contributed by atoms with E-state index in [9.17, 15) is 4.79 Å². The molecule has 1 aliphatic rings. The Balaban J connectivity index is 1.97. The van der Waals surface area contributed by atoms with Crippen LogP contribution in [-0.2, 0) is 4.79 Å². The van der Waals surface area contributed by atoms with Gasteiger partial charge in [0.2, 0.25) is 5.91 Å². The molecule has 0 spiro atoms. The Morgan fingerprint density at radius 1 is 1.37 bits per heavy atom. The highest BCUT2D eigenvalue weighted by atomic mass is 127. The lowest BCUT2D eigenvalue weighted by molar-refractivity contribution is -0.120. The van der Waals surface area contributed by atoms with Crippen molar-refractivity contribution in [1.82, 2.24) is 10.2 Å². The van der Waals surface area contributed by atoms with E-state index in [0.717, 1.165) is 41.9 Å². The highest BCUT2D eigenvalue weighted by Crippen LogP contribution is 2.17. The van der Waals surface area contributed by atoms with Gasteiger partial charge in [-0.3, -0.25) is 9.69 Å². The number of amides is 1. The molecular formula is C14H20IN3O. The molecule has 104 valence electrons. The average Bonchev–Trinajstić information content (AvgIpc) is 2.69. The van der Waals surface area contributed by atoms with Gasteiger partial charge in [-0.1, -0.05) is 12.1 Å². The first-order valence-corrected chi connectivity index (χ1v) is 7.76. The second kappa shape index (κ2) is 7.21. The molecule has 1 fully saturated rings. The van der Waals surface area contributed by atoms with Gasteiger partial charge < -0.3 is 10.6 Å². The molecule has 4 nitrogen and oxygen atoms in total. The van der Waals surface area contributed by atoms with Crippen molar-refractivity contribution in [2.45, 2.75) is 19.4 Å². The number of nitrogens with one attached hydrogen (secondary N) is 2. The van der Waals surface area contributed by atoms with Crippen LogP contribution in [-0.4, -0.2) is 43.0 Å². The van der Waals surface area contributed by atoms with E-state index in [0.29, 0.717) is 0 Å². The lowest BCUT2D eigenvalue weighted by atomic mass is 10.2. The van der Waals surface area contributed by atoms with Crippen LogP contribution >= 0.6 is 22.6 Å². The van der Waals surface area contributed by atoms with Crippen molar-refractivity contribution >= 4 is 34.2 Å². The van der Waals surface area contributed by atoms with Gasteiger partial charge in [0.05, 0.1) is 11.7 Å². The molecule has 1 unspecified atom stereocenters. The lowest BCUT2D eigenvalue weighted by Gasteiger charge is -2.26. The summed E-state index contributed by atoms with van der Waals surface area (Å²) in [5, 5.41) is 6.37. The molecule has 0 saturated carbocycles. The van der Waals surface area contributed by atoms with Gasteiger partial charge in [0.1, 0.15) is 0 Å². The van der Waals surface area contributed by atoms with Gasteiger partial charge in [0, 0.05) is 23.2 Å². The highest BCUT2D eigenvalue weighted by molar-refractivity contribution is 14.1. The van der Waals surface area contributed by atoms with Crippen molar-refractivity contribution in [2.24, 2.45) is 0 Å². The second-order valence-corrected chi connectivity index (χ2v) is 5.95. The molecule has 1 aromatic rings. The second-order valence-electron chi connectivity index (χ2n) is 4.78. The number of rotatable bonds is 3. The average molecular weight is 373 g/mol. The SMILES string of the molecule is CC(C(=O)Nc1ccccc1I)N1CCCNCC1. The van der Waals surface area contributed by atoms with E-state index < -0.39 is 0 Å². The van der Waals surface area contributed by atoms with Crippen LogP contribution in [0.25, 0.3) is 0 Å². The fourth-order valence-electron chi connectivity index (χ4n) is 2.22. The third-order valence-electron chi connectivity index (χ3n) is 3.43. The zero-order valence-corrected chi connectivity index (χ0v) is 13.3. The van der Waals surface area contributed by atoms with Crippen LogP contribution in [0, 0.1) is 3.57 Å². The van der Waals surface area contributed by atoms with E-state index >= 15 is 0 Å². The van der Waals surface area contributed by atoms with Gasteiger partial charge in [0.25, 0.3) is 0 Å². The van der Waals surface area contributed by atoms with Crippen LogP contribution in [0.2, 0.25) is 0 Å². The van der Waals surface area contributed by atoms with E-state index in [1.54, 1.807) is 0 Å². The maximum absolute atomic E-state index is 12.3. The van der Waals surface area contributed by atoms with E-state index in [-0.39, 0.29) is 11.9 Å². The molecule has 1 amide bonds. The smallest absolute Gasteiger partial charge is 0.241 e. The number of hydrogen-bond acceptors (Lipinski definition) is 3. The molecule has 2 N–H and O–H groups in total. The van der Waals surface area contributed by atoms with Crippen molar-refractivity contribution in [3.05, 3.63) is 27.8 Å². The maximum Gasteiger partial charge on any atom is 0.241 e. The van der Waals surface area contributed by atoms with Gasteiger partial charge in [-0.2, -0.15) is 0 Å². The number of benzene rings is 1. The summed E-state index contributed by atoms with van der Waals surface area (Å²) in [7, 11) is 0. The predicted molar refractivity (Wildman–Crippen MR) is 86.3 cm³/mol. The number of anilines is 1. The summed E-state index contributed by atoms with van der Waals surface area (Å²) in [4.78, 5) is 14.5. The third kappa shape index (κ3) is 4.15. The lowest BCUT2D eigenvalue weighted by Crippen LogP contribution is -2.43. The van der Waals surface area contributed by atoms with Crippen molar-refractivity contribution in [1.29, 1.82) is 0 Å². The topological polar surface area (TPSA) is 44.4 Å². The number of carbonyl (C=O) groups excluding carboxylic acids is 1.